The van der Waals surface area contributed by atoms with Crippen LogP contribution in [-0.2, 0) is 9.59 Å². The Morgan fingerprint density at radius 2 is 2.00 bits per heavy atom. The Labute approximate surface area is 111 Å². The van der Waals surface area contributed by atoms with Gasteiger partial charge in [-0.05, 0) is 31.0 Å². The van der Waals surface area contributed by atoms with Crippen LogP contribution in [-0.4, -0.2) is 17.9 Å². The van der Waals surface area contributed by atoms with Gasteiger partial charge >= 0.3 is 0 Å². The summed E-state index contributed by atoms with van der Waals surface area (Å²) in [5.74, 6) is -0.441. The Morgan fingerprint density at radius 3 is 2.61 bits per heavy atom. The molecule has 2 unspecified atom stereocenters. The maximum atomic E-state index is 11.6. The highest BCUT2D eigenvalue weighted by atomic mass is 35.5. The molecule has 2 rings (SSSR count). The number of rotatable bonds is 3. The minimum atomic E-state index is -0.312. The number of benzene rings is 1. The molecule has 0 bridgehead atoms. The predicted octanol–water partition coefficient (Wildman–Crippen LogP) is 1.80. The van der Waals surface area contributed by atoms with E-state index in [4.69, 9.17) is 11.6 Å². The second-order valence-electron chi connectivity index (χ2n) is 4.44. The average molecular weight is 267 g/mol. The fourth-order valence-corrected chi connectivity index (χ4v) is 2.13. The third-order valence-corrected chi connectivity index (χ3v) is 3.31. The topological polar surface area (TPSA) is 58.2 Å². The van der Waals surface area contributed by atoms with Gasteiger partial charge in [-0.25, -0.2) is 0 Å². The Kier molecular flexibility index (Phi) is 3.99. The van der Waals surface area contributed by atoms with Gasteiger partial charge in [0.2, 0.25) is 11.8 Å². The zero-order valence-electron chi connectivity index (χ0n) is 10.1. The van der Waals surface area contributed by atoms with Crippen LogP contribution in [0.25, 0.3) is 0 Å². The molecule has 0 aliphatic carbocycles. The lowest BCUT2D eigenvalue weighted by molar-refractivity contribution is -0.134. The molecule has 0 radical (unpaired) electrons. The molecule has 1 aromatic carbocycles. The zero-order valence-corrected chi connectivity index (χ0v) is 10.8. The van der Waals surface area contributed by atoms with Crippen molar-refractivity contribution in [1.82, 2.24) is 10.6 Å². The van der Waals surface area contributed by atoms with Crippen molar-refractivity contribution in [2.24, 2.45) is 0 Å². The summed E-state index contributed by atoms with van der Waals surface area (Å²) in [5.41, 5.74) is 1.06. The Bertz CT molecular complexity index is 459. The van der Waals surface area contributed by atoms with Crippen LogP contribution in [0, 0.1) is 0 Å². The quantitative estimate of drug-likeness (QED) is 0.820. The van der Waals surface area contributed by atoms with Crippen LogP contribution in [0.2, 0.25) is 5.02 Å². The number of carbonyl (C=O) groups is 2. The van der Waals surface area contributed by atoms with E-state index >= 15 is 0 Å². The molecule has 2 atom stereocenters. The van der Waals surface area contributed by atoms with Crippen LogP contribution in [0.3, 0.4) is 0 Å². The number of amides is 2. The van der Waals surface area contributed by atoms with Gasteiger partial charge in [-0.1, -0.05) is 23.7 Å². The van der Waals surface area contributed by atoms with Crippen LogP contribution < -0.4 is 10.6 Å². The van der Waals surface area contributed by atoms with Crippen molar-refractivity contribution < 1.29 is 9.59 Å². The van der Waals surface area contributed by atoms with E-state index in [-0.39, 0.29) is 23.9 Å². The molecular weight excluding hydrogens is 252 g/mol. The lowest BCUT2D eigenvalue weighted by Gasteiger charge is -2.25. The second-order valence-corrected chi connectivity index (χ2v) is 4.88. The highest BCUT2D eigenvalue weighted by Crippen LogP contribution is 2.18. The molecule has 4 nitrogen and oxygen atoms in total. The standard InChI is InChI=1S/C13H15ClN2O2/c1-8(9-2-4-10(14)5-3-9)15-11-6-7-12(17)16-13(11)18/h2-5,8,11,15H,6-7H2,1H3,(H,16,17,18). The Balaban J connectivity index is 1.98. The molecule has 0 spiro atoms. The molecule has 2 N–H and O–H groups in total. The summed E-state index contributed by atoms with van der Waals surface area (Å²) >= 11 is 5.83. The summed E-state index contributed by atoms with van der Waals surface area (Å²) in [6.07, 6.45) is 0.930. The lowest BCUT2D eigenvalue weighted by Crippen LogP contribution is -2.51. The van der Waals surface area contributed by atoms with Gasteiger partial charge in [0, 0.05) is 17.5 Å². The molecule has 1 heterocycles. The number of hydrogen-bond donors (Lipinski definition) is 2. The van der Waals surface area contributed by atoms with Crippen molar-refractivity contribution >= 4 is 23.4 Å². The van der Waals surface area contributed by atoms with E-state index in [0.717, 1.165) is 5.56 Å². The predicted molar refractivity (Wildman–Crippen MR) is 69.2 cm³/mol. The number of piperidine rings is 1. The van der Waals surface area contributed by atoms with Crippen LogP contribution >= 0.6 is 11.6 Å². The van der Waals surface area contributed by atoms with E-state index in [1.807, 2.05) is 31.2 Å². The SMILES string of the molecule is CC(NC1CCC(=O)NC1=O)c1ccc(Cl)cc1. The fourth-order valence-electron chi connectivity index (χ4n) is 2.00. The summed E-state index contributed by atoms with van der Waals surface area (Å²) in [7, 11) is 0. The third kappa shape index (κ3) is 3.09. The first-order valence-electron chi connectivity index (χ1n) is 5.91. The molecule has 18 heavy (non-hydrogen) atoms. The molecule has 1 fully saturated rings. The molecule has 1 aliphatic rings. The van der Waals surface area contributed by atoms with Gasteiger partial charge in [-0.2, -0.15) is 0 Å². The second kappa shape index (κ2) is 5.50. The van der Waals surface area contributed by atoms with Crippen LogP contribution in [0.15, 0.2) is 24.3 Å². The van der Waals surface area contributed by atoms with Crippen molar-refractivity contribution in [2.45, 2.75) is 31.8 Å². The summed E-state index contributed by atoms with van der Waals surface area (Å²) in [4.78, 5) is 22.6. The van der Waals surface area contributed by atoms with E-state index in [1.165, 1.54) is 0 Å². The van der Waals surface area contributed by atoms with E-state index in [1.54, 1.807) is 0 Å². The first kappa shape index (κ1) is 13.1. The Morgan fingerprint density at radius 1 is 1.33 bits per heavy atom. The van der Waals surface area contributed by atoms with E-state index in [0.29, 0.717) is 17.9 Å². The third-order valence-electron chi connectivity index (χ3n) is 3.06. The van der Waals surface area contributed by atoms with Gasteiger partial charge in [0.1, 0.15) is 0 Å². The normalized spacial score (nSPS) is 21.6. The highest BCUT2D eigenvalue weighted by Gasteiger charge is 2.27. The van der Waals surface area contributed by atoms with Crippen molar-refractivity contribution in [3.8, 4) is 0 Å². The van der Waals surface area contributed by atoms with Crippen LogP contribution in [0.5, 0.6) is 0 Å². The molecule has 96 valence electrons. The van der Waals surface area contributed by atoms with Crippen molar-refractivity contribution in [3.05, 3.63) is 34.9 Å². The molecule has 1 saturated heterocycles. The summed E-state index contributed by atoms with van der Waals surface area (Å²) in [5, 5.41) is 6.24. The van der Waals surface area contributed by atoms with E-state index in [9.17, 15) is 9.59 Å². The summed E-state index contributed by atoms with van der Waals surface area (Å²) in [6, 6.07) is 7.20. The van der Waals surface area contributed by atoms with Gasteiger partial charge in [0.05, 0.1) is 6.04 Å². The number of imide groups is 1. The van der Waals surface area contributed by atoms with Gasteiger partial charge in [0.25, 0.3) is 0 Å². The molecule has 0 aromatic heterocycles. The monoisotopic (exact) mass is 266 g/mol. The minimum absolute atomic E-state index is 0.0335. The minimum Gasteiger partial charge on any atom is -0.299 e. The number of nitrogens with one attached hydrogen (secondary N) is 2. The maximum absolute atomic E-state index is 11.6. The van der Waals surface area contributed by atoms with Crippen molar-refractivity contribution in [2.75, 3.05) is 0 Å². The van der Waals surface area contributed by atoms with Crippen molar-refractivity contribution in [3.63, 3.8) is 0 Å². The maximum Gasteiger partial charge on any atom is 0.243 e. The smallest absolute Gasteiger partial charge is 0.243 e. The number of halogens is 1. The summed E-state index contributed by atoms with van der Waals surface area (Å²) < 4.78 is 0. The highest BCUT2D eigenvalue weighted by molar-refractivity contribution is 6.30. The molecule has 1 aromatic rings. The molecule has 2 amide bonds. The Hall–Kier alpha value is -1.39. The number of carbonyl (C=O) groups excluding carboxylic acids is 2. The average Bonchev–Trinajstić information content (AvgIpc) is 2.33. The largest absolute Gasteiger partial charge is 0.299 e. The molecular formula is C13H15ClN2O2. The molecule has 0 saturated carbocycles. The van der Waals surface area contributed by atoms with Crippen LogP contribution in [0.4, 0.5) is 0 Å². The summed E-state index contributed by atoms with van der Waals surface area (Å²) in [6.45, 7) is 1.98. The van der Waals surface area contributed by atoms with Crippen LogP contribution in [0.1, 0.15) is 31.4 Å². The van der Waals surface area contributed by atoms with E-state index in [2.05, 4.69) is 10.6 Å². The van der Waals surface area contributed by atoms with Gasteiger partial charge in [-0.15, -0.1) is 0 Å². The molecule has 5 heteroatoms. The fraction of sp³-hybridized carbons (Fsp3) is 0.385. The zero-order chi connectivity index (χ0) is 13.1. The molecule has 1 aliphatic heterocycles. The van der Waals surface area contributed by atoms with Crippen molar-refractivity contribution in [1.29, 1.82) is 0 Å². The van der Waals surface area contributed by atoms with Gasteiger partial charge in [-0.3, -0.25) is 20.2 Å². The number of hydrogen-bond acceptors (Lipinski definition) is 3. The van der Waals surface area contributed by atoms with Gasteiger partial charge < -0.3 is 0 Å². The first-order chi connectivity index (χ1) is 8.56. The lowest BCUT2D eigenvalue weighted by atomic mass is 10.0. The first-order valence-corrected chi connectivity index (χ1v) is 6.29. The van der Waals surface area contributed by atoms with Gasteiger partial charge in [0.15, 0.2) is 0 Å². The van der Waals surface area contributed by atoms with E-state index < -0.39 is 0 Å².